The third-order valence-electron chi connectivity index (χ3n) is 4.42. The van der Waals surface area contributed by atoms with Crippen LogP contribution >= 0.6 is 36.4 Å². The van der Waals surface area contributed by atoms with Crippen molar-refractivity contribution >= 4 is 36.4 Å². The van der Waals surface area contributed by atoms with E-state index in [1.807, 2.05) is 12.3 Å². The minimum absolute atomic E-state index is 0. The number of ether oxygens (including phenoxy) is 3. The number of halogens is 3. The van der Waals surface area contributed by atoms with E-state index in [4.69, 9.17) is 25.8 Å². The second kappa shape index (κ2) is 8.47. The molecule has 1 aromatic heterocycles. The Labute approximate surface area is 163 Å². The topological polar surface area (TPSA) is 57.5 Å². The van der Waals surface area contributed by atoms with E-state index in [0.29, 0.717) is 16.5 Å². The SMILES string of the molecule is CO[C@H]1CCNC[C@H]1n1ccnc1-c1cc2c(cc1Cl)OCO2.Cl.Cl. The van der Waals surface area contributed by atoms with Crippen molar-refractivity contribution < 1.29 is 14.2 Å². The third kappa shape index (κ3) is 3.68. The number of nitrogens with one attached hydrogen (secondary N) is 1. The van der Waals surface area contributed by atoms with Gasteiger partial charge in [-0.05, 0) is 19.0 Å². The summed E-state index contributed by atoms with van der Waals surface area (Å²) in [6.45, 7) is 2.02. The molecule has 1 aromatic carbocycles. The molecule has 0 amide bonds. The number of nitrogens with zero attached hydrogens (tertiary/aromatic N) is 2. The summed E-state index contributed by atoms with van der Waals surface area (Å²) in [6.07, 6.45) is 4.88. The highest BCUT2D eigenvalue weighted by Gasteiger charge is 2.29. The Morgan fingerprint density at radius 2 is 2.04 bits per heavy atom. The number of fused-ring (bicyclic) bond motifs is 1. The van der Waals surface area contributed by atoms with Crippen LogP contribution in [0.15, 0.2) is 24.5 Å². The first-order chi connectivity index (χ1) is 11.3. The lowest BCUT2D eigenvalue weighted by molar-refractivity contribution is 0.0365. The maximum absolute atomic E-state index is 6.44. The van der Waals surface area contributed by atoms with Gasteiger partial charge < -0.3 is 24.1 Å². The maximum Gasteiger partial charge on any atom is 0.231 e. The molecule has 1 saturated heterocycles. The van der Waals surface area contributed by atoms with Crippen molar-refractivity contribution in [2.24, 2.45) is 0 Å². The number of imidazole rings is 1. The predicted molar refractivity (Wildman–Crippen MR) is 101 cm³/mol. The summed E-state index contributed by atoms with van der Waals surface area (Å²) in [7, 11) is 1.76. The molecule has 25 heavy (non-hydrogen) atoms. The van der Waals surface area contributed by atoms with Crippen molar-refractivity contribution in [3.8, 4) is 22.9 Å². The molecule has 9 heteroatoms. The van der Waals surface area contributed by atoms with E-state index in [1.54, 1.807) is 19.4 Å². The smallest absolute Gasteiger partial charge is 0.231 e. The monoisotopic (exact) mass is 407 g/mol. The minimum atomic E-state index is 0. The van der Waals surface area contributed by atoms with Gasteiger partial charge in [0, 0.05) is 37.7 Å². The molecule has 0 bridgehead atoms. The van der Waals surface area contributed by atoms with Crippen LogP contribution in [0.5, 0.6) is 11.5 Å². The van der Waals surface area contributed by atoms with E-state index in [9.17, 15) is 0 Å². The number of benzene rings is 1. The standard InChI is InChI=1S/C16H18ClN3O3.2ClH/c1-21-13-2-3-18-8-12(13)20-5-4-19-16(20)10-6-14-15(7-11(10)17)23-9-22-14;;/h4-7,12-13,18H,2-3,8-9H2,1H3;2*1H/t12-,13+;;/m1../s1. The molecule has 0 aliphatic carbocycles. The zero-order valence-corrected chi connectivity index (χ0v) is 16.0. The summed E-state index contributed by atoms with van der Waals surface area (Å²) >= 11 is 6.44. The van der Waals surface area contributed by atoms with Crippen LogP contribution in [0.3, 0.4) is 0 Å². The van der Waals surface area contributed by atoms with E-state index in [2.05, 4.69) is 14.9 Å². The fourth-order valence-corrected chi connectivity index (χ4v) is 3.49. The van der Waals surface area contributed by atoms with Crippen LogP contribution in [0.4, 0.5) is 0 Å². The van der Waals surface area contributed by atoms with Gasteiger partial charge in [-0.3, -0.25) is 0 Å². The molecule has 2 aromatic rings. The fourth-order valence-electron chi connectivity index (χ4n) is 3.25. The van der Waals surface area contributed by atoms with Crippen LogP contribution in [-0.4, -0.2) is 42.6 Å². The maximum atomic E-state index is 6.44. The normalized spacial score (nSPS) is 21.4. The highest BCUT2D eigenvalue weighted by Crippen LogP contribution is 2.41. The van der Waals surface area contributed by atoms with E-state index >= 15 is 0 Å². The predicted octanol–water partition coefficient (Wildman–Crippen LogP) is 3.33. The van der Waals surface area contributed by atoms with Gasteiger partial charge in [-0.1, -0.05) is 11.6 Å². The molecule has 2 aliphatic heterocycles. The Morgan fingerprint density at radius 1 is 1.28 bits per heavy atom. The number of rotatable bonds is 3. The molecule has 6 nitrogen and oxygen atoms in total. The van der Waals surface area contributed by atoms with Crippen molar-refractivity contribution in [2.75, 3.05) is 27.0 Å². The molecule has 3 heterocycles. The molecule has 2 atom stereocenters. The van der Waals surface area contributed by atoms with E-state index in [-0.39, 0.29) is 43.8 Å². The van der Waals surface area contributed by atoms with Crippen LogP contribution in [0.2, 0.25) is 5.02 Å². The summed E-state index contributed by atoms with van der Waals surface area (Å²) in [5.74, 6) is 2.18. The van der Waals surface area contributed by atoms with Gasteiger partial charge in [-0.2, -0.15) is 0 Å². The zero-order valence-electron chi connectivity index (χ0n) is 13.6. The van der Waals surface area contributed by atoms with Gasteiger partial charge in [0.1, 0.15) is 5.82 Å². The van der Waals surface area contributed by atoms with Crippen molar-refractivity contribution in [1.82, 2.24) is 14.9 Å². The first-order valence-electron chi connectivity index (χ1n) is 7.64. The molecule has 138 valence electrons. The number of aromatic nitrogens is 2. The number of piperidine rings is 1. The Balaban J connectivity index is 0.00000113. The average molecular weight is 409 g/mol. The highest BCUT2D eigenvalue weighted by atomic mass is 35.5. The van der Waals surface area contributed by atoms with E-state index in [0.717, 1.165) is 30.9 Å². The van der Waals surface area contributed by atoms with Gasteiger partial charge in [-0.25, -0.2) is 4.98 Å². The van der Waals surface area contributed by atoms with Crippen LogP contribution < -0.4 is 14.8 Å². The summed E-state index contributed by atoms with van der Waals surface area (Å²) in [5.41, 5.74) is 0.835. The number of methoxy groups -OCH3 is 1. The molecule has 1 N–H and O–H groups in total. The Hall–Kier alpha value is -1.18. The Morgan fingerprint density at radius 3 is 2.80 bits per heavy atom. The van der Waals surface area contributed by atoms with Crippen LogP contribution in [0.25, 0.3) is 11.4 Å². The first kappa shape index (κ1) is 20.1. The van der Waals surface area contributed by atoms with Gasteiger partial charge in [0.2, 0.25) is 6.79 Å². The van der Waals surface area contributed by atoms with Crippen LogP contribution in [0.1, 0.15) is 12.5 Å². The van der Waals surface area contributed by atoms with Gasteiger partial charge in [0.05, 0.1) is 17.2 Å². The lowest BCUT2D eigenvalue weighted by Gasteiger charge is -2.33. The largest absolute Gasteiger partial charge is 0.454 e. The second-order valence-corrected chi connectivity index (χ2v) is 6.08. The summed E-state index contributed by atoms with van der Waals surface area (Å²) in [5, 5.41) is 4.01. The lowest BCUT2D eigenvalue weighted by atomic mass is 10.0. The van der Waals surface area contributed by atoms with Gasteiger partial charge in [-0.15, -0.1) is 24.8 Å². The Bertz CT molecular complexity index is 726. The summed E-state index contributed by atoms with van der Waals surface area (Å²) in [4.78, 5) is 4.52. The molecule has 1 fully saturated rings. The minimum Gasteiger partial charge on any atom is -0.454 e. The average Bonchev–Trinajstić information content (AvgIpc) is 3.22. The fraction of sp³-hybridized carbons (Fsp3) is 0.438. The van der Waals surface area contributed by atoms with Crippen molar-refractivity contribution in [2.45, 2.75) is 18.6 Å². The van der Waals surface area contributed by atoms with Gasteiger partial charge >= 0.3 is 0 Å². The van der Waals surface area contributed by atoms with Crippen LogP contribution in [-0.2, 0) is 4.74 Å². The molecular formula is C16H20Cl3N3O3. The second-order valence-electron chi connectivity index (χ2n) is 5.68. The number of hydrogen-bond donors (Lipinski definition) is 1. The molecule has 0 spiro atoms. The molecular weight excluding hydrogens is 389 g/mol. The van der Waals surface area contributed by atoms with Crippen molar-refractivity contribution in [1.29, 1.82) is 0 Å². The lowest BCUT2D eigenvalue weighted by Crippen LogP contribution is -2.42. The zero-order chi connectivity index (χ0) is 15.8. The third-order valence-corrected chi connectivity index (χ3v) is 4.73. The molecule has 2 aliphatic rings. The molecule has 0 radical (unpaired) electrons. The van der Waals surface area contributed by atoms with E-state index in [1.165, 1.54) is 0 Å². The Kier molecular flexibility index (Phi) is 6.82. The van der Waals surface area contributed by atoms with Crippen molar-refractivity contribution in [3.05, 3.63) is 29.5 Å². The van der Waals surface area contributed by atoms with Gasteiger partial charge in [0.25, 0.3) is 0 Å². The van der Waals surface area contributed by atoms with Crippen molar-refractivity contribution in [3.63, 3.8) is 0 Å². The summed E-state index contributed by atoms with van der Waals surface area (Å²) in [6, 6.07) is 3.85. The summed E-state index contributed by atoms with van der Waals surface area (Å²) < 4.78 is 18.6. The molecule has 0 unspecified atom stereocenters. The first-order valence-corrected chi connectivity index (χ1v) is 8.01. The molecule has 0 saturated carbocycles. The number of hydrogen-bond acceptors (Lipinski definition) is 5. The van der Waals surface area contributed by atoms with Gasteiger partial charge in [0.15, 0.2) is 11.5 Å². The highest BCUT2D eigenvalue weighted by molar-refractivity contribution is 6.33. The molecule has 4 rings (SSSR count). The quantitative estimate of drug-likeness (QED) is 0.844. The van der Waals surface area contributed by atoms with E-state index < -0.39 is 0 Å². The van der Waals surface area contributed by atoms with Crippen LogP contribution in [0, 0.1) is 0 Å².